The summed E-state index contributed by atoms with van der Waals surface area (Å²) in [6, 6.07) is 11.0. The van der Waals surface area contributed by atoms with Crippen LogP contribution in [0.5, 0.6) is 0 Å². The number of benzene rings is 1. The normalized spacial score (nSPS) is 29.9. The van der Waals surface area contributed by atoms with Crippen LogP contribution < -0.4 is 5.32 Å². The minimum absolute atomic E-state index is 0.498. The molecule has 4 rings (SSSR count). The molecular weight excluding hydrogens is 224 g/mol. The van der Waals surface area contributed by atoms with Crippen LogP contribution in [-0.2, 0) is 4.74 Å². The fourth-order valence-corrected chi connectivity index (χ4v) is 3.17. The minimum Gasteiger partial charge on any atom is -0.378 e. The first-order chi connectivity index (χ1) is 8.92. The van der Waals surface area contributed by atoms with E-state index in [4.69, 9.17) is 4.74 Å². The van der Waals surface area contributed by atoms with E-state index in [-0.39, 0.29) is 0 Å². The fourth-order valence-electron chi connectivity index (χ4n) is 3.17. The van der Waals surface area contributed by atoms with Crippen molar-refractivity contribution in [3.05, 3.63) is 36.5 Å². The molecule has 0 unspecified atom stereocenters. The van der Waals surface area contributed by atoms with Crippen molar-refractivity contribution in [2.75, 3.05) is 11.9 Å². The third kappa shape index (κ3) is 1.51. The third-order valence-electron chi connectivity index (χ3n) is 4.26. The summed E-state index contributed by atoms with van der Waals surface area (Å²) >= 11 is 0. The summed E-state index contributed by atoms with van der Waals surface area (Å²) < 4.78 is 5.65. The molecule has 0 spiro atoms. The molecule has 1 aliphatic heterocycles. The first kappa shape index (κ1) is 10.3. The van der Waals surface area contributed by atoms with Gasteiger partial charge in [0, 0.05) is 30.1 Å². The Kier molecular flexibility index (Phi) is 2.27. The Morgan fingerprint density at radius 1 is 1.22 bits per heavy atom. The largest absolute Gasteiger partial charge is 0.378 e. The molecule has 2 heterocycles. The SMILES string of the molecule is c1ccc2c(N[C@@H]3C[C@H]4OCC[C@@H]34)nccc2c1. The van der Waals surface area contributed by atoms with Gasteiger partial charge < -0.3 is 10.1 Å². The van der Waals surface area contributed by atoms with E-state index in [2.05, 4.69) is 40.6 Å². The summed E-state index contributed by atoms with van der Waals surface area (Å²) in [7, 11) is 0. The van der Waals surface area contributed by atoms with Gasteiger partial charge in [0.1, 0.15) is 5.82 Å². The van der Waals surface area contributed by atoms with Crippen LogP contribution in [0.25, 0.3) is 10.8 Å². The number of ether oxygens (including phenoxy) is 1. The van der Waals surface area contributed by atoms with Gasteiger partial charge in [0.25, 0.3) is 0 Å². The van der Waals surface area contributed by atoms with Crippen LogP contribution in [0.3, 0.4) is 0 Å². The molecule has 3 heteroatoms. The minimum atomic E-state index is 0.498. The average Bonchev–Trinajstić information content (AvgIpc) is 2.77. The second-order valence-electron chi connectivity index (χ2n) is 5.23. The van der Waals surface area contributed by atoms with Gasteiger partial charge in [0.15, 0.2) is 0 Å². The Labute approximate surface area is 106 Å². The van der Waals surface area contributed by atoms with Gasteiger partial charge in [-0.3, -0.25) is 0 Å². The molecule has 1 aliphatic carbocycles. The van der Waals surface area contributed by atoms with Crippen molar-refractivity contribution in [2.45, 2.75) is 25.0 Å². The van der Waals surface area contributed by atoms with E-state index in [9.17, 15) is 0 Å². The maximum absolute atomic E-state index is 5.65. The Balaban J connectivity index is 1.63. The Morgan fingerprint density at radius 3 is 3.11 bits per heavy atom. The second-order valence-corrected chi connectivity index (χ2v) is 5.23. The Bertz CT molecular complexity index is 578. The van der Waals surface area contributed by atoms with Crippen LogP contribution in [-0.4, -0.2) is 23.7 Å². The van der Waals surface area contributed by atoms with Gasteiger partial charge in [-0.25, -0.2) is 4.98 Å². The number of rotatable bonds is 2. The van der Waals surface area contributed by atoms with Crippen LogP contribution >= 0.6 is 0 Å². The van der Waals surface area contributed by atoms with Crippen molar-refractivity contribution >= 4 is 16.6 Å². The molecule has 1 N–H and O–H groups in total. The highest BCUT2D eigenvalue weighted by molar-refractivity contribution is 5.91. The smallest absolute Gasteiger partial charge is 0.134 e. The lowest BCUT2D eigenvalue weighted by Gasteiger charge is -2.39. The molecule has 18 heavy (non-hydrogen) atoms. The number of nitrogens with one attached hydrogen (secondary N) is 1. The van der Waals surface area contributed by atoms with E-state index >= 15 is 0 Å². The van der Waals surface area contributed by atoms with Gasteiger partial charge in [-0.05, 0) is 24.3 Å². The zero-order chi connectivity index (χ0) is 11.9. The number of fused-ring (bicyclic) bond motifs is 2. The highest BCUT2D eigenvalue weighted by atomic mass is 16.5. The van der Waals surface area contributed by atoms with Crippen molar-refractivity contribution in [1.29, 1.82) is 0 Å². The van der Waals surface area contributed by atoms with E-state index in [1.54, 1.807) is 0 Å². The van der Waals surface area contributed by atoms with Crippen LogP contribution in [0.1, 0.15) is 12.8 Å². The van der Waals surface area contributed by atoms with E-state index in [0.717, 1.165) is 18.8 Å². The molecule has 0 radical (unpaired) electrons. The highest BCUT2D eigenvalue weighted by Crippen LogP contribution is 2.40. The molecule has 3 nitrogen and oxygen atoms in total. The summed E-state index contributed by atoms with van der Waals surface area (Å²) in [6.45, 7) is 0.927. The first-order valence-electron chi connectivity index (χ1n) is 6.64. The predicted octanol–water partition coefficient (Wildman–Crippen LogP) is 2.82. The zero-order valence-corrected chi connectivity index (χ0v) is 10.2. The molecule has 2 aromatic rings. The number of hydrogen-bond donors (Lipinski definition) is 1. The molecule has 2 aliphatic rings. The molecule has 2 fully saturated rings. The van der Waals surface area contributed by atoms with Crippen molar-refractivity contribution in [3.8, 4) is 0 Å². The molecule has 1 saturated heterocycles. The topological polar surface area (TPSA) is 34.1 Å². The number of nitrogens with zero attached hydrogens (tertiary/aromatic N) is 1. The van der Waals surface area contributed by atoms with Crippen molar-refractivity contribution in [2.24, 2.45) is 5.92 Å². The van der Waals surface area contributed by atoms with Gasteiger partial charge in [0.2, 0.25) is 0 Å². The zero-order valence-electron chi connectivity index (χ0n) is 10.2. The third-order valence-corrected chi connectivity index (χ3v) is 4.26. The maximum atomic E-state index is 5.65. The second kappa shape index (κ2) is 3.95. The molecule has 1 aromatic carbocycles. The lowest BCUT2D eigenvalue weighted by Crippen LogP contribution is -2.47. The summed E-state index contributed by atoms with van der Waals surface area (Å²) in [5.41, 5.74) is 0. The predicted molar refractivity (Wildman–Crippen MR) is 71.6 cm³/mol. The van der Waals surface area contributed by atoms with Crippen molar-refractivity contribution < 1.29 is 4.74 Å². The van der Waals surface area contributed by atoms with Crippen LogP contribution in [0, 0.1) is 5.92 Å². The summed E-state index contributed by atoms with van der Waals surface area (Å²) in [4.78, 5) is 4.49. The molecule has 1 aromatic heterocycles. The molecule has 3 atom stereocenters. The molecule has 92 valence electrons. The maximum Gasteiger partial charge on any atom is 0.134 e. The van der Waals surface area contributed by atoms with Gasteiger partial charge in [0.05, 0.1) is 6.10 Å². The number of aromatic nitrogens is 1. The van der Waals surface area contributed by atoms with E-state index in [1.807, 2.05) is 6.20 Å². The summed E-state index contributed by atoms with van der Waals surface area (Å²) in [5, 5.41) is 6.06. The standard InChI is InChI=1S/C15H16N2O/c1-2-4-11-10(3-1)5-7-16-15(11)17-13-9-14-12(13)6-8-18-14/h1-5,7,12-14H,6,8-9H2,(H,16,17)/t12-,13+,14+/m0/s1. The molecule has 0 amide bonds. The Morgan fingerprint density at radius 2 is 2.17 bits per heavy atom. The number of hydrogen-bond acceptors (Lipinski definition) is 3. The van der Waals surface area contributed by atoms with Gasteiger partial charge in [-0.2, -0.15) is 0 Å². The van der Waals surface area contributed by atoms with Crippen LogP contribution in [0.2, 0.25) is 0 Å². The first-order valence-corrected chi connectivity index (χ1v) is 6.64. The Hall–Kier alpha value is -1.61. The van der Waals surface area contributed by atoms with Gasteiger partial charge in [-0.15, -0.1) is 0 Å². The van der Waals surface area contributed by atoms with Crippen LogP contribution in [0.15, 0.2) is 36.5 Å². The summed E-state index contributed by atoms with van der Waals surface area (Å²) in [5.74, 6) is 1.70. The van der Waals surface area contributed by atoms with E-state index in [0.29, 0.717) is 18.1 Å². The number of pyridine rings is 1. The quantitative estimate of drug-likeness (QED) is 0.876. The van der Waals surface area contributed by atoms with Crippen LogP contribution in [0.4, 0.5) is 5.82 Å². The fraction of sp³-hybridized carbons (Fsp3) is 0.400. The highest BCUT2D eigenvalue weighted by Gasteiger charge is 2.45. The lowest BCUT2D eigenvalue weighted by atomic mass is 9.76. The number of anilines is 1. The average molecular weight is 240 g/mol. The molecule has 0 bridgehead atoms. The van der Waals surface area contributed by atoms with Crippen molar-refractivity contribution in [1.82, 2.24) is 4.98 Å². The van der Waals surface area contributed by atoms with Crippen molar-refractivity contribution in [3.63, 3.8) is 0 Å². The lowest BCUT2D eigenvalue weighted by molar-refractivity contribution is 0.0247. The van der Waals surface area contributed by atoms with Gasteiger partial charge in [-0.1, -0.05) is 24.3 Å². The summed E-state index contributed by atoms with van der Waals surface area (Å²) in [6.07, 6.45) is 4.69. The monoisotopic (exact) mass is 240 g/mol. The molecule has 1 saturated carbocycles. The van der Waals surface area contributed by atoms with Gasteiger partial charge >= 0.3 is 0 Å². The molecular formula is C15H16N2O. The van der Waals surface area contributed by atoms with E-state index in [1.165, 1.54) is 17.2 Å². The van der Waals surface area contributed by atoms with E-state index < -0.39 is 0 Å².